The minimum atomic E-state index is -1.32. The molecule has 2 aromatic carbocycles. The first-order valence-corrected chi connectivity index (χ1v) is 14.8. The Kier molecular flexibility index (Phi) is 8.68. The van der Waals surface area contributed by atoms with Crippen molar-refractivity contribution < 1.29 is 23.9 Å². The molecule has 3 aromatic rings. The largest absolute Gasteiger partial charge is 0.469 e. The van der Waals surface area contributed by atoms with Gasteiger partial charge in [-0.2, -0.15) is 5.26 Å². The number of nitriles is 1. The van der Waals surface area contributed by atoms with Crippen LogP contribution in [0.4, 0.5) is 11.6 Å². The van der Waals surface area contributed by atoms with E-state index in [1.807, 2.05) is 0 Å². The normalized spacial score (nSPS) is 21.4. The van der Waals surface area contributed by atoms with Crippen molar-refractivity contribution >= 4 is 58.5 Å². The molecule has 0 radical (unpaired) electrons. The van der Waals surface area contributed by atoms with Gasteiger partial charge in [-0.05, 0) is 69.0 Å². The summed E-state index contributed by atoms with van der Waals surface area (Å²) < 4.78 is 6.37. The molecule has 1 aliphatic carbocycles. The van der Waals surface area contributed by atoms with Crippen molar-refractivity contribution in [2.45, 2.75) is 57.2 Å². The lowest BCUT2D eigenvalue weighted by Crippen LogP contribution is -2.48. The van der Waals surface area contributed by atoms with Crippen molar-refractivity contribution in [2.75, 3.05) is 12.0 Å². The van der Waals surface area contributed by atoms with E-state index in [4.69, 9.17) is 27.9 Å². The van der Waals surface area contributed by atoms with Crippen molar-refractivity contribution in [3.05, 3.63) is 75.5 Å². The summed E-state index contributed by atoms with van der Waals surface area (Å²) in [4.78, 5) is 58.5. The van der Waals surface area contributed by atoms with Gasteiger partial charge in [0.1, 0.15) is 17.3 Å². The SMILES string of the molecule is COC(=O)[C@@H]1CC[C@@H](NC(=O)[C@H](C)NC(=O)c2cnc3n2[C@](C)(Cc2ccc(C#N)cc2)C(=O)N3c2cc(Cl)cc(Cl)c2)C1. The minimum Gasteiger partial charge on any atom is -0.469 e. The summed E-state index contributed by atoms with van der Waals surface area (Å²) in [6.07, 6.45) is 3.23. The fourth-order valence-corrected chi connectivity index (χ4v) is 6.39. The number of nitrogens with zero attached hydrogens (tertiary/aromatic N) is 4. The molecule has 228 valence electrons. The van der Waals surface area contributed by atoms with Crippen LogP contribution in [0.5, 0.6) is 0 Å². The molecular formula is C31H30Cl2N6O5. The first kappa shape index (κ1) is 31.0. The van der Waals surface area contributed by atoms with Crippen LogP contribution in [-0.4, -0.2) is 52.4 Å². The number of hydrogen-bond donors (Lipinski definition) is 2. The quantitative estimate of drug-likeness (QED) is 0.351. The van der Waals surface area contributed by atoms with Gasteiger partial charge >= 0.3 is 5.97 Å². The molecule has 2 heterocycles. The summed E-state index contributed by atoms with van der Waals surface area (Å²) >= 11 is 12.5. The van der Waals surface area contributed by atoms with Crippen LogP contribution in [0.1, 0.15) is 54.7 Å². The highest BCUT2D eigenvalue weighted by molar-refractivity contribution is 6.35. The number of rotatable bonds is 8. The van der Waals surface area contributed by atoms with Gasteiger partial charge in [0.25, 0.3) is 11.8 Å². The lowest BCUT2D eigenvalue weighted by Gasteiger charge is -2.27. The molecule has 2 aliphatic rings. The molecule has 4 atom stereocenters. The molecule has 11 nitrogen and oxygen atoms in total. The van der Waals surface area contributed by atoms with Crippen LogP contribution < -0.4 is 15.5 Å². The number of anilines is 2. The van der Waals surface area contributed by atoms with Gasteiger partial charge in [-0.1, -0.05) is 35.3 Å². The van der Waals surface area contributed by atoms with Gasteiger partial charge in [0.05, 0.1) is 36.5 Å². The van der Waals surface area contributed by atoms with E-state index >= 15 is 0 Å². The molecule has 2 N–H and O–H groups in total. The number of halogens is 2. The number of fused-ring (bicyclic) bond motifs is 1. The predicted molar refractivity (Wildman–Crippen MR) is 163 cm³/mol. The lowest BCUT2D eigenvalue weighted by atomic mass is 9.91. The molecule has 0 bridgehead atoms. The number of carbonyl (C=O) groups excluding carboxylic acids is 4. The first-order valence-electron chi connectivity index (χ1n) is 14.0. The zero-order chi connectivity index (χ0) is 31.8. The van der Waals surface area contributed by atoms with Gasteiger partial charge in [0.2, 0.25) is 11.9 Å². The maximum atomic E-state index is 14.2. The summed E-state index contributed by atoms with van der Waals surface area (Å²) in [5.41, 5.74) is 0.364. The van der Waals surface area contributed by atoms with Crippen molar-refractivity contribution in [1.82, 2.24) is 20.2 Å². The smallest absolute Gasteiger partial charge is 0.308 e. The fraction of sp³-hybridized carbons (Fsp3) is 0.355. The highest BCUT2D eigenvalue weighted by Gasteiger charge is 2.51. The summed E-state index contributed by atoms with van der Waals surface area (Å²) in [6.45, 7) is 3.26. The van der Waals surface area contributed by atoms with Crippen LogP contribution in [0.25, 0.3) is 0 Å². The summed E-state index contributed by atoms with van der Waals surface area (Å²) in [5.74, 6) is -1.76. The number of aromatic nitrogens is 2. The summed E-state index contributed by atoms with van der Waals surface area (Å²) in [7, 11) is 1.34. The van der Waals surface area contributed by atoms with E-state index in [9.17, 15) is 24.4 Å². The predicted octanol–water partition coefficient (Wildman–Crippen LogP) is 4.27. The average molecular weight is 638 g/mol. The van der Waals surface area contributed by atoms with E-state index in [2.05, 4.69) is 21.7 Å². The second-order valence-corrected chi connectivity index (χ2v) is 12.1. The Morgan fingerprint density at radius 1 is 1.16 bits per heavy atom. The molecular weight excluding hydrogens is 607 g/mol. The van der Waals surface area contributed by atoms with Crippen LogP contribution in [-0.2, 0) is 31.1 Å². The number of esters is 1. The van der Waals surface area contributed by atoms with Gasteiger partial charge in [-0.25, -0.2) is 9.88 Å². The van der Waals surface area contributed by atoms with Crippen molar-refractivity contribution in [2.24, 2.45) is 5.92 Å². The van der Waals surface area contributed by atoms with Gasteiger partial charge < -0.3 is 15.4 Å². The number of carbonyl (C=O) groups is 4. The highest BCUT2D eigenvalue weighted by Crippen LogP contribution is 2.43. The van der Waals surface area contributed by atoms with E-state index < -0.39 is 23.4 Å². The van der Waals surface area contributed by atoms with Gasteiger partial charge in [0, 0.05) is 22.5 Å². The molecule has 5 rings (SSSR count). The number of hydrogen-bond acceptors (Lipinski definition) is 7. The molecule has 1 saturated carbocycles. The van der Waals surface area contributed by atoms with Crippen LogP contribution in [0.3, 0.4) is 0 Å². The van der Waals surface area contributed by atoms with E-state index in [0.717, 1.165) is 5.56 Å². The second kappa shape index (κ2) is 12.3. The monoisotopic (exact) mass is 636 g/mol. The zero-order valence-electron chi connectivity index (χ0n) is 24.3. The Labute approximate surface area is 264 Å². The Bertz CT molecular complexity index is 1660. The zero-order valence-corrected chi connectivity index (χ0v) is 25.8. The molecule has 1 aliphatic heterocycles. The average Bonchev–Trinajstić information content (AvgIpc) is 3.69. The van der Waals surface area contributed by atoms with Gasteiger partial charge in [-0.3, -0.25) is 23.7 Å². The van der Waals surface area contributed by atoms with Crippen LogP contribution in [0, 0.1) is 17.2 Å². The number of imidazole rings is 1. The van der Waals surface area contributed by atoms with E-state index in [1.54, 1.807) is 60.9 Å². The second-order valence-electron chi connectivity index (χ2n) is 11.2. The minimum absolute atomic E-state index is 0.0754. The molecule has 13 heteroatoms. The molecule has 0 saturated heterocycles. The van der Waals surface area contributed by atoms with Crippen molar-refractivity contribution in [3.63, 3.8) is 0 Å². The number of benzene rings is 2. The maximum Gasteiger partial charge on any atom is 0.308 e. The molecule has 44 heavy (non-hydrogen) atoms. The third kappa shape index (κ3) is 5.87. The van der Waals surface area contributed by atoms with Gasteiger partial charge in [-0.15, -0.1) is 0 Å². The fourth-order valence-electron chi connectivity index (χ4n) is 5.88. The Morgan fingerprint density at radius 2 is 1.84 bits per heavy atom. The third-order valence-electron chi connectivity index (χ3n) is 8.12. The van der Waals surface area contributed by atoms with Crippen molar-refractivity contribution in [3.8, 4) is 6.07 Å². The van der Waals surface area contributed by atoms with E-state index in [1.165, 1.54) is 18.2 Å². The van der Waals surface area contributed by atoms with Crippen LogP contribution in [0.15, 0.2) is 48.7 Å². The standard InChI is InChI=1S/C31H30Cl2N6O5/c1-17(26(40)37-23-9-8-20(10-23)28(42)44-3)36-27(41)25-16-35-30-38(24-12-21(32)11-22(33)13-24)29(43)31(2,39(25)30)14-18-4-6-19(15-34)7-5-18/h4-7,11-13,16-17,20,23H,8-10,14H2,1-3H3,(H,36,41)(H,37,40)/t17-,20+,23+,31+/m0/s1. The topological polar surface area (TPSA) is 146 Å². The molecule has 1 fully saturated rings. The van der Waals surface area contributed by atoms with E-state index in [-0.39, 0.29) is 41.9 Å². The Balaban J connectivity index is 1.43. The number of amides is 3. The molecule has 0 spiro atoms. The molecule has 1 aromatic heterocycles. The Morgan fingerprint density at radius 3 is 2.48 bits per heavy atom. The number of ether oxygens (including phenoxy) is 1. The van der Waals surface area contributed by atoms with E-state index in [0.29, 0.717) is 40.6 Å². The molecule has 3 amide bonds. The number of nitrogens with one attached hydrogen (secondary N) is 2. The summed E-state index contributed by atoms with van der Waals surface area (Å²) in [6, 6.07) is 12.5. The number of methoxy groups -OCH3 is 1. The maximum absolute atomic E-state index is 14.2. The van der Waals surface area contributed by atoms with Crippen LogP contribution >= 0.6 is 23.2 Å². The van der Waals surface area contributed by atoms with Crippen LogP contribution in [0.2, 0.25) is 10.0 Å². The summed E-state index contributed by atoms with van der Waals surface area (Å²) in [5, 5.41) is 15.5. The highest BCUT2D eigenvalue weighted by atomic mass is 35.5. The van der Waals surface area contributed by atoms with Gasteiger partial charge in [0.15, 0.2) is 0 Å². The first-order chi connectivity index (χ1) is 20.9. The Hall–Kier alpha value is -4.40. The molecule has 0 unspecified atom stereocenters. The lowest BCUT2D eigenvalue weighted by molar-refractivity contribution is -0.145. The third-order valence-corrected chi connectivity index (χ3v) is 8.56. The van der Waals surface area contributed by atoms with Crippen molar-refractivity contribution in [1.29, 1.82) is 5.26 Å².